The van der Waals surface area contributed by atoms with E-state index in [4.69, 9.17) is 4.74 Å². The van der Waals surface area contributed by atoms with Crippen LogP contribution in [0.3, 0.4) is 0 Å². The van der Waals surface area contributed by atoms with Gasteiger partial charge in [0.05, 0.1) is 25.4 Å². The molecule has 72 heavy (non-hydrogen) atoms. The summed E-state index contributed by atoms with van der Waals surface area (Å²) in [6.45, 7) is 4.93. The van der Waals surface area contributed by atoms with E-state index in [-0.39, 0.29) is 18.5 Å². The normalized spacial score (nSPS) is 12.7. The van der Waals surface area contributed by atoms with Gasteiger partial charge in [0, 0.05) is 12.8 Å². The van der Waals surface area contributed by atoms with Crippen molar-refractivity contribution in [2.45, 2.75) is 373 Å². The van der Waals surface area contributed by atoms with Gasteiger partial charge in [-0.2, -0.15) is 0 Å². The number of nitrogens with one attached hydrogen (secondary N) is 1. The zero-order chi connectivity index (χ0) is 52.2. The number of carbonyl (C=O) groups excluding carboxylic acids is 2. The summed E-state index contributed by atoms with van der Waals surface area (Å²) in [6, 6.07) is -0.547. The first-order valence-corrected chi connectivity index (χ1v) is 32.6. The van der Waals surface area contributed by atoms with Crippen molar-refractivity contribution in [1.29, 1.82) is 0 Å². The Labute approximate surface area is 450 Å². The number of ether oxygens (including phenoxy) is 1. The molecule has 0 aromatic rings. The van der Waals surface area contributed by atoms with E-state index in [1.165, 1.54) is 276 Å². The molecule has 3 N–H and O–H groups in total. The maximum absolute atomic E-state index is 12.5. The standard InChI is InChI=1S/C66H127NO5/c1-3-5-7-9-11-13-15-17-19-20-21-22-23-24-25-26-28-31-34-38-42-46-50-54-58-64(69)63(62-68)67-65(70)59-55-51-47-43-39-35-32-29-27-30-33-37-41-45-49-53-57-61-72-66(71)60-56-52-48-44-40-36-18-16-14-12-10-8-6-4-2/h10,12,16,18,63-64,68-69H,3-9,11,13-15,17,19-62H2,1-2H3,(H,67,70)/b12-10-,18-16-. The number of esters is 1. The first-order valence-electron chi connectivity index (χ1n) is 32.6. The molecular weight excluding hydrogens is 887 g/mol. The number of hydrogen-bond acceptors (Lipinski definition) is 5. The molecule has 0 rings (SSSR count). The summed E-state index contributed by atoms with van der Waals surface area (Å²) in [5.74, 6) is -0.0449. The zero-order valence-electron chi connectivity index (χ0n) is 48.7. The molecule has 0 aliphatic carbocycles. The van der Waals surface area contributed by atoms with Crippen LogP contribution in [0.25, 0.3) is 0 Å². The number of aliphatic hydroxyl groups is 2. The number of aliphatic hydroxyl groups excluding tert-OH is 2. The molecule has 0 saturated carbocycles. The highest BCUT2D eigenvalue weighted by Crippen LogP contribution is 2.18. The van der Waals surface area contributed by atoms with Crippen molar-refractivity contribution in [3.63, 3.8) is 0 Å². The van der Waals surface area contributed by atoms with Gasteiger partial charge in [-0.15, -0.1) is 0 Å². The average Bonchev–Trinajstić information content (AvgIpc) is 3.38. The SMILES string of the molecule is CCCC/C=C\C/C=C\CCCCCCCC(=O)OCCCCCCCCCCCCCCCCCCCC(=O)NC(CO)C(O)CCCCCCCCCCCCCCCCCCCCCCCCCC. The van der Waals surface area contributed by atoms with E-state index < -0.39 is 12.1 Å². The van der Waals surface area contributed by atoms with E-state index in [1.807, 2.05) is 0 Å². The molecule has 2 unspecified atom stereocenters. The lowest BCUT2D eigenvalue weighted by Gasteiger charge is -2.22. The second-order valence-electron chi connectivity index (χ2n) is 22.5. The van der Waals surface area contributed by atoms with Crippen LogP contribution >= 0.6 is 0 Å². The van der Waals surface area contributed by atoms with Crippen LogP contribution in [-0.2, 0) is 14.3 Å². The Hall–Kier alpha value is -1.66. The van der Waals surface area contributed by atoms with Crippen molar-refractivity contribution >= 4 is 11.9 Å². The van der Waals surface area contributed by atoms with Crippen molar-refractivity contribution in [2.75, 3.05) is 13.2 Å². The van der Waals surface area contributed by atoms with Gasteiger partial charge in [0.1, 0.15) is 0 Å². The Bertz CT molecular complexity index is 1120. The quantitative estimate of drug-likeness (QED) is 0.0320. The highest BCUT2D eigenvalue weighted by atomic mass is 16.5. The van der Waals surface area contributed by atoms with Gasteiger partial charge in [-0.1, -0.05) is 321 Å². The van der Waals surface area contributed by atoms with Crippen molar-refractivity contribution in [2.24, 2.45) is 0 Å². The van der Waals surface area contributed by atoms with E-state index in [1.54, 1.807) is 0 Å². The van der Waals surface area contributed by atoms with Gasteiger partial charge in [0.2, 0.25) is 5.91 Å². The molecule has 0 aromatic heterocycles. The van der Waals surface area contributed by atoms with Gasteiger partial charge >= 0.3 is 5.97 Å². The fourth-order valence-corrected chi connectivity index (χ4v) is 10.2. The lowest BCUT2D eigenvalue weighted by atomic mass is 10.0. The van der Waals surface area contributed by atoms with Crippen LogP contribution in [0.1, 0.15) is 361 Å². The fourth-order valence-electron chi connectivity index (χ4n) is 10.2. The summed E-state index contributed by atoms with van der Waals surface area (Å²) in [4.78, 5) is 24.6. The predicted octanol–water partition coefficient (Wildman–Crippen LogP) is 20.6. The lowest BCUT2D eigenvalue weighted by molar-refractivity contribution is -0.143. The molecule has 1 amide bonds. The Morgan fingerprint density at radius 2 is 0.708 bits per heavy atom. The van der Waals surface area contributed by atoms with Crippen LogP contribution < -0.4 is 5.32 Å². The average molecular weight is 1010 g/mol. The van der Waals surface area contributed by atoms with Crippen LogP contribution in [-0.4, -0.2) is 47.4 Å². The topological polar surface area (TPSA) is 95.9 Å². The van der Waals surface area contributed by atoms with Crippen molar-refractivity contribution < 1.29 is 24.5 Å². The Kier molecular flexibility index (Phi) is 60.5. The summed E-state index contributed by atoms with van der Waals surface area (Å²) >= 11 is 0. The van der Waals surface area contributed by atoms with Crippen LogP contribution in [0, 0.1) is 0 Å². The summed E-state index contributed by atoms with van der Waals surface area (Å²) in [7, 11) is 0. The second kappa shape index (κ2) is 61.9. The van der Waals surface area contributed by atoms with E-state index in [2.05, 4.69) is 43.5 Å². The Balaban J connectivity index is 3.42. The summed E-state index contributed by atoms with van der Waals surface area (Å²) in [6.07, 6.45) is 76.2. The molecule has 0 saturated heterocycles. The molecule has 0 fully saturated rings. The minimum atomic E-state index is -0.670. The van der Waals surface area contributed by atoms with E-state index in [0.717, 1.165) is 51.4 Å². The molecule has 6 nitrogen and oxygen atoms in total. The van der Waals surface area contributed by atoms with E-state index in [0.29, 0.717) is 25.9 Å². The van der Waals surface area contributed by atoms with Crippen LogP contribution in [0.15, 0.2) is 24.3 Å². The summed E-state index contributed by atoms with van der Waals surface area (Å²) < 4.78 is 5.47. The maximum Gasteiger partial charge on any atom is 0.305 e. The molecule has 0 spiro atoms. The molecule has 2 atom stereocenters. The predicted molar refractivity (Wildman–Crippen MR) is 315 cm³/mol. The van der Waals surface area contributed by atoms with Gasteiger partial charge < -0.3 is 20.3 Å². The van der Waals surface area contributed by atoms with Crippen molar-refractivity contribution in [3.8, 4) is 0 Å². The highest BCUT2D eigenvalue weighted by Gasteiger charge is 2.20. The molecule has 426 valence electrons. The van der Waals surface area contributed by atoms with Gasteiger partial charge in [-0.25, -0.2) is 0 Å². The smallest absolute Gasteiger partial charge is 0.305 e. The number of rotatable bonds is 61. The summed E-state index contributed by atoms with van der Waals surface area (Å²) in [5, 5.41) is 23.4. The Morgan fingerprint density at radius 3 is 1.10 bits per heavy atom. The minimum Gasteiger partial charge on any atom is -0.466 e. The lowest BCUT2D eigenvalue weighted by Crippen LogP contribution is -2.45. The number of carbonyl (C=O) groups is 2. The molecule has 0 aliphatic heterocycles. The highest BCUT2D eigenvalue weighted by molar-refractivity contribution is 5.76. The number of allylic oxidation sites excluding steroid dienone is 4. The summed E-state index contributed by atoms with van der Waals surface area (Å²) in [5.41, 5.74) is 0. The number of hydrogen-bond donors (Lipinski definition) is 3. The van der Waals surface area contributed by atoms with Crippen LogP contribution in [0.5, 0.6) is 0 Å². The van der Waals surface area contributed by atoms with Crippen LogP contribution in [0.2, 0.25) is 0 Å². The third kappa shape index (κ3) is 57.6. The monoisotopic (exact) mass is 1010 g/mol. The molecule has 0 aromatic carbocycles. The molecule has 6 heteroatoms. The van der Waals surface area contributed by atoms with Gasteiger partial charge in [0.25, 0.3) is 0 Å². The van der Waals surface area contributed by atoms with Crippen LogP contribution in [0.4, 0.5) is 0 Å². The largest absolute Gasteiger partial charge is 0.466 e. The van der Waals surface area contributed by atoms with Gasteiger partial charge in [0.15, 0.2) is 0 Å². The zero-order valence-corrected chi connectivity index (χ0v) is 48.7. The number of unbranched alkanes of at least 4 members (excludes halogenated alkanes) is 46. The van der Waals surface area contributed by atoms with Crippen molar-refractivity contribution in [3.05, 3.63) is 24.3 Å². The fraction of sp³-hybridized carbons (Fsp3) is 0.909. The first-order chi connectivity index (χ1) is 35.5. The van der Waals surface area contributed by atoms with E-state index in [9.17, 15) is 19.8 Å². The van der Waals surface area contributed by atoms with Gasteiger partial charge in [-0.05, 0) is 51.4 Å². The minimum absolute atomic E-state index is 0.00829. The van der Waals surface area contributed by atoms with Crippen molar-refractivity contribution in [1.82, 2.24) is 5.32 Å². The van der Waals surface area contributed by atoms with E-state index >= 15 is 0 Å². The molecule has 0 bridgehead atoms. The molecular formula is C66H127NO5. The second-order valence-corrected chi connectivity index (χ2v) is 22.5. The third-order valence-electron chi connectivity index (χ3n) is 15.3. The maximum atomic E-state index is 12.5. The van der Waals surface area contributed by atoms with Gasteiger partial charge in [-0.3, -0.25) is 9.59 Å². The number of amides is 1. The molecule has 0 radical (unpaired) electrons. The molecule has 0 aliphatic rings. The third-order valence-corrected chi connectivity index (χ3v) is 15.3. The first kappa shape index (κ1) is 70.3. The molecule has 0 heterocycles. The Morgan fingerprint density at radius 1 is 0.389 bits per heavy atom.